The summed E-state index contributed by atoms with van der Waals surface area (Å²) in [6.07, 6.45) is 3.19. The molecule has 3 rings (SSSR count). The summed E-state index contributed by atoms with van der Waals surface area (Å²) in [5.74, 6) is -0.0319. The maximum absolute atomic E-state index is 12.1. The van der Waals surface area contributed by atoms with Gasteiger partial charge in [0.2, 0.25) is 0 Å². The van der Waals surface area contributed by atoms with Gasteiger partial charge in [0.05, 0.1) is 6.54 Å². The maximum atomic E-state index is 12.1. The van der Waals surface area contributed by atoms with E-state index >= 15 is 0 Å². The summed E-state index contributed by atoms with van der Waals surface area (Å²) in [6, 6.07) is 7.76. The first kappa shape index (κ1) is 13.5. The van der Waals surface area contributed by atoms with E-state index in [1.165, 1.54) is 11.9 Å². The van der Waals surface area contributed by atoms with E-state index in [1.807, 2.05) is 31.2 Å². The standard InChI is InChI=1S/C15H17N5O/c1-11(13-6-16-7-13)15(21)19-14-4-2-12(3-5-14)8-20-10-17-9-18-20/h2-5,9-10,16H,6-8H2,1H3,(H,19,21). The first-order chi connectivity index (χ1) is 10.2. The van der Waals surface area contributed by atoms with Gasteiger partial charge in [-0.3, -0.25) is 4.79 Å². The maximum Gasteiger partial charge on any atom is 0.251 e. The molecule has 1 aliphatic rings. The summed E-state index contributed by atoms with van der Waals surface area (Å²) >= 11 is 0. The smallest absolute Gasteiger partial charge is 0.251 e. The summed E-state index contributed by atoms with van der Waals surface area (Å²) in [5, 5.41) is 10.1. The monoisotopic (exact) mass is 283 g/mol. The molecular weight excluding hydrogens is 266 g/mol. The van der Waals surface area contributed by atoms with Crippen molar-refractivity contribution in [2.75, 3.05) is 18.4 Å². The third-order valence-electron chi connectivity index (χ3n) is 3.57. The normalized spacial score (nSPS) is 13.7. The Hall–Kier alpha value is -2.47. The molecule has 1 aliphatic heterocycles. The van der Waals surface area contributed by atoms with Gasteiger partial charge < -0.3 is 10.6 Å². The van der Waals surface area contributed by atoms with Gasteiger partial charge in [-0.2, -0.15) is 5.10 Å². The first-order valence-corrected chi connectivity index (χ1v) is 6.84. The lowest BCUT2D eigenvalue weighted by Gasteiger charge is -2.21. The second-order valence-corrected chi connectivity index (χ2v) is 5.08. The summed E-state index contributed by atoms with van der Waals surface area (Å²) in [7, 11) is 0. The molecule has 1 fully saturated rings. The second kappa shape index (κ2) is 5.88. The number of nitrogens with zero attached hydrogens (tertiary/aromatic N) is 3. The van der Waals surface area contributed by atoms with Gasteiger partial charge in [-0.1, -0.05) is 12.1 Å². The minimum atomic E-state index is -0.0319. The third-order valence-corrected chi connectivity index (χ3v) is 3.57. The lowest BCUT2D eigenvalue weighted by atomic mass is 10.0. The molecule has 21 heavy (non-hydrogen) atoms. The molecule has 0 aliphatic carbocycles. The van der Waals surface area contributed by atoms with Crippen LogP contribution in [-0.2, 0) is 11.3 Å². The van der Waals surface area contributed by atoms with Crippen molar-refractivity contribution in [1.82, 2.24) is 20.1 Å². The van der Waals surface area contributed by atoms with Crippen LogP contribution in [0, 0.1) is 0 Å². The van der Waals surface area contributed by atoms with E-state index in [1.54, 1.807) is 11.0 Å². The molecule has 0 radical (unpaired) electrons. The van der Waals surface area contributed by atoms with Gasteiger partial charge in [-0.25, -0.2) is 9.67 Å². The average molecular weight is 283 g/mol. The number of carbonyl (C=O) groups excluding carboxylic acids is 1. The molecule has 0 saturated carbocycles. The highest BCUT2D eigenvalue weighted by Crippen LogP contribution is 2.14. The molecule has 2 N–H and O–H groups in total. The van der Waals surface area contributed by atoms with Gasteiger partial charge in [0.25, 0.3) is 5.91 Å². The number of aromatic nitrogens is 3. The summed E-state index contributed by atoms with van der Waals surface area (Å²) < 4.78 is 1.76. The third kappa shape index (κ3) is 3.17. The number of amides is 1. The minimum Gasteiger partial charge on any atom is -0.322 e. The van der Waals surface area contributed by atoms with E-state index in [9.17, 15) is 4.79 Å². The predicted octanol–water partition coefficient (Wildman–Crippen LogP) is 1.18. The molecule has 0 spiro atoms. The van der Waals surface area contributed by atoms with Crippen LogP contribution in [0.5, 0.6) is 0 Å². The molecule has 1 aromatic heterocycles. The van der Waals surface area contributed by atoms with Crippen molar-refractivity contribution in [3.05, 3.63) is 53.6 Å². The molecule has 1 saturated heterocycles. The van der Waals surface area contributed by atoms with Crippen LogP contribution < -0.4 is 10.6 Å². The van der Waals surface area contributed by atoms with Crippen molar-refractivity contribution in [1.29, 1.82) is 0 Å². The van der Waals surface area contributed by atoms with E-state index in [4.69, 9.17) is 0 Å². The van der Waals surface area contributed by atoms with Crippen LogP contribution in [0.3, 0.4) is 0 Å². The lowest BCUT2D eigenvalue weighted by Crippen LogP contribution is -2.36. The van der Waals surface area contributed by atoms with Crippen LogP contribution in [-0.4, -0.2) is 33.8 Å². The fraction of sp³-hybridized carbons (Fsp3) is 0.267. The van der Waals surface area contributed by atoms with E-state index < -0.39 is 0 Å². The van der Waals surface area contributed by atoms with Crippen molar-refractivity contribution in [2.45, 2.75) is 13.5 Å². The van der Waals surface area contributed by atoms with E-state index in [-0.39, 0.29) is 5.91 Å². The Labute approximate surface area is 122 Å². The number of nitrogens with one attached hydrogen (secondary N) is 2. The fourth-order valence-electron chi connectivity index (χ4n) is 2.10. The molecule has 0 atom stereocenters. The minimum absolute atomic E-state index is 0.0319. The van der Waals surface area contributed by atoms with Gasteiger partial charge in [-0.15, -0.1) is 0 Å². The average Bonchev–Trinajstić information content (AvgIpc) is 2.92. The largest absolute Gasteiger partial charge is 0.322 e. The van der Waals surface area contributed by atoms with Crippen molar-refractivity contribution in [3.63, 3.8) is 0 Å². The summed E-state index contributed by atoms with van der Waals surface area (Å²) in [5.41, 5.74) is 3.89. The molecule has 108 valence electrons. The zero-order valence-electron chi connectivity index (χ0n) is 11.8. The Kier molecular flexibility index (Phi) is 3.79. The zero-order chi connectivity index (χ0) is 14.7. The number of anilines is 1. The molecule has 6 nitrogen and oxygen atoms in total. The number of carbonyl (C=O) groups is 1. The SMILES string of the molecule is CC(C(=O)Nc1ccc(Cn2cncn2)cc1)=C1CNC1. The van der Waals surface area contributed by atoms with Crippen molar-refractivity contribution >= 4 is 11.6 Å². The Morgan fingerprint density at radius 2 is 2.10 bits per heavy atom. The van der Waals surface area contributed by atoms with Gasteiger partial charge in [-0.05, 0) is 30.2 Å². The van der Waals surface area contributed by atoms with Gasteiger partial charge in [0.1, 0.15) is 12.7 Å². The Bertz CT molecular complexity index is 652. The molecule has 2 heterocycles. The number of benzene rings is 1. The highest BCUT2D eigenvalue weighted by Gasteiger charge is 2.15. The highest BCUT2D eigenvalue weighted by molar-refractivity contribution is 6.04. The molecule has 1 aromatic carbocycles. The second-order valence-electron chi connectivity index (χ2n) is 5.08. The topological polar surface area (TPSA) is 71.8 Å². The summed E-state index contributed by atoms with van der Waals surface area (Å²) in [6.45, 7) is 4.17. The molecule has 0 bridgehead atoms. The summed E-state index contributed by atoms with van der Waals surface area (Å²) in [4.78, 5) is 16.0. The Balaban J connectivity index is 1.63. The van der Waals surface area contributed by atoms with E-state index in [2.05, 4.69) is 20.7 Å². The lowest BCUT2D eigenvalue weighted by molar-refractivity contribution is -0.112. The van der Waals surface area contributed by atoms with Crippen LogP contribution in [0.15, 0.2) is 48.1 Å². The van der Waals surface area contributed by atoms with Gasteiger partial charge in [0, 0.05) is 24.4 Å². The Morgan fingerprint density at radius 3 is 2.67 bits per heavy atom. The molecular formula is C15H17N5O. The fourth-order valence-corrected chi connectivity index (χ4v) is 2.10. The van der Waals surface area contributed by atoms with E-state index in [0.29, 0.717) is 6.54 Å². The van der Waals surface area contributed by atoms with Crippen molar-refractivity contribution in [3.8, 4) is 0 Å². The van der Waals surface area contributed by atoms with Gasteiger partial charge in [0.15, 0.2) is 0 Å². The van der Waals surface area contributed by atoms with E-state index in [0.717, 1.165) is 29.9 Å². The molecule has 0 unspecified atom stereocenters. The van der Waals surface area contributed by atoms with Crippen molar-refractivity contribution in [2.24, 2.45) is 0 Å². The Morgan fingerprint density at radius 1 is 1.33 bits per heavy atom. The van der Waals surface area contributed by atoms with Crippen LogP contribution >= 0.6 is 0 Å². The number of hydrogen-bond donors (Lipinski definition) is 2. The van der Waals surface area contributed by atoms with Crippen LogP contribution in [0.1, 0.15) is 12.5 Å². The van der Waals surface area contributed by atoms with Crippen molar-refractivity contribution < 1.29 is 4.79 Å². The van der Waals surface area contributed by atoms with Crippen LogP contribution in [0.2, 0.25) is 0 Å². The van der Waals surface area contributed by atoms with Crippen LogP contribution in [0.25, 0.3) is 0 Å². The number of rotatable bonds is 4. The first-order valence-electron chi connectivity index (χ1n) is 6.84. The van der Waals surface area contributed by atoms with Gasteiger partial charge >= 0.3 is 0 Å². The quantitative estimate of drug-likeness (QED) is 0.827. The predicted molar refractivity (Wildman–Crippen MR) is 79.8 cm³/mol. The number of hydrogen-bond acceptors (Lipinski definition) is 4. The molecule has 1 amide bonds. The van der Waals surface area contributed by atoms with Crippen LogP contribution in [0.4, 0.5) is 5.69 Å². The zero-order valence-corrected chi connectivity index (χ0v) is 11.8. The highest BCUT2D eigenvalue weighted by atomic mass is 16.1. The molecule has 2 aromatic rings. The molecule has 6 heteroatoms.